The number of carbonyl (C=O) groups is 2. The van der Waals surface area contributed by atoms with Crippen LogP contribution < -0.4 is 5.73 Å². The largest absolute Gasteiger partial charge is 0.339 e. The van der Waals surface area contributed by atoms with Crippen molar-refractivity contribution in [1.29, 1.82) is 0 Å². The average molecular weight is 297 g/mol. The SMILES string of the molecule is CC(C)CCC(=O)N1CCN(C(=O)CCCCCN)CC1. The molecule has 1 fully saturated rings. The lowest BCUT2D eigenvalue weighted by molar-refractivity contribution is -0.139. The summed E-state index contributed by atoms with van der Waals surface area (Å²) in [7, 11) is 0. The van der Waals surface area contributed by atoms with E-state index in [0.29, 0.717) is 51.5 Å². The van der Waals surface area contributed by atoms with Crippen molar-refractivity contribution in [2.24, 2.45) is 11.7 Å². The third kappa shape index (κ3) is 6.93. The number of hydrogen-bond donors (Lipinski definition) is 1. The van der Waals surface area contributed by atoms with Crippen LogP contribution in [0.5, 0.6) is 0 Å². The maximum atomic E-state index is 12.0. The van der Waals surface area contributed by atoms with E-state index in [1.54, 1.807) is 0 Å². The number of amides is 2. The molecule has 1 rings (SSSR count). The van der Waals surface area contributed by atoms with Gasteiger partial charge in [0.2, 0.25) is 11.8 Å². The first-order chi connectivity index (χ1) is 10.0. The van der Waals surface area contributed by atoms with Crippen LogP contribution in [0.1, 0.15) is 52.4 Å². The first-order valence-corrected chi connectivity index (χ1v) is 8.30. The number of nitrogens with zero attached hydrogens (tertiary/aromatic N) is 2. The van der Waals surface area contributed by atoms with Crippen LogP contribution in [0, 0.1) is 5.92 Å². The quantitative estimate of drug-likeness (QED) is 0.692. The Labute approximate surface area is 128 Å². The molecule has 1 aliphatic rings. The summed E-state index contributed by atoms with van der Waals surface area (Å²) in [6, 6.07) is 0. The molecule has 0 saturated carbocycles. The Morgan fingerprint density at radius 2 is 1.43 bits per heavy atom. The zero-order valence-corrected chi connectivity index (χ0v) is 13.6. The minimum atomic E-state index is 0.223. The monoisotopic (exact) mass is 297 g/mol. The van der Waals surface area contributed by atoms with Crippen LogP contribution in [0.2, 0.25) is 0 Å². The first kappa shape index (κ1) is 18.0. The number of carbonyl (C=O) groups excluding carboxylic acids is 2. The number of hydrogen-bond acceptors (Lipinski definition) is 3. The van der Waals surface area contributed by atoms with Crippen molar-refractivity contribution in [1.82, 2.24) is 9.80 Å². The third-order valence-corrected chi connectivity index (χ3v) is 4.02. The van der Waals surface area contributed by atoms with Gasteiger partial charge in [0.1, 0.15) is 0 Å². The predicted molar refractivity (Wildman–Crippen MR) is 84.8 cm³/mol. The van der Waals surface area contributed by atoms with Crippen LogP contribution in [0.25, 0.3) is 0 Å². The van der Waals surface area contributed by atoms with Crippen molar-refractivity contribution in [2.45, 2.75) is 52.4 Å². The van der Waals surface area contributed by atoms with Gasteiger partial charge in [0.15, 0.2) is 0 Å². The molecule has 2 N–H and O–H groups in total. The highest BCUT2D eigenvalue weighted by Crippen LogP contribution is 2.11. The Bertz CT molecular complexity index is 323. The molecule has 0 aromatic heterocycles. The average Bonchev–Trinajstić information content (AvgIpc) is 2.49. The van der Waals surface area contributed by atoms with E-state index in [0.717, 1.165) is 25.7 Å². The van der Waals surface area contributed by atoms with Crippen LogP contribution in [0.3, 0.4) is 0 Å². The minimum Gasteiger partial charge on any atom is -0.339 e. The molecule has 1 aliphatic heterocycles. The molecule has 0 bridgehead atoms. The second-order valence-corrected chi connectivity index (χ2v) is 6.29. The van der Waals surface area contributed by atoms with E-state index in [2.05, 4.69) is 13.8 Å². The predicted octanol–water partition coefficient (Wildman–Crippen LogP) is 1.61. The fourth-order valence-corrected chi connectivity index (χ4v) is 2.53. The van der Waals surface area contributed by atoms with Crippen LogP contribution in [0.4, 0.5) is 0 Å². The molecule has 5 nitrogen and oxygen atoms in total. The van der Waals surface area contributed by atoms with Gasteiger partial charge in [-0.1, -0.05) is 20.3 Å². The molecule has 0 radical (unpaired) electrons. The van der Waals surface area contributed by atoms with Gasteiger partial charge in [-0.05, 0) is 31.7 Å². The number of rotatable bonds is 8. The molecule has 0 aromatic rings. The van der Waals surface area contributed by atoms with Crippen molar-refractivity contribution in [3.8, 4) is 0 Å². The topological polar surface area (TPSA) is 66.6 Å². The van der Waals surface area contributed by atoms with Crippen LogP contribution in [0.15, 0.2) is 0 Å². The van der Waals surface area contributed by atoms with Crippen molar-refractivity contribution >= 4 is 11.8 Å². The number of nitrogens with two attached hydrogens (primary N) is 1. The zero-order valence-electron chi connectivity index (χ0n) is 13.6. The summed E-state index contributed by atoms with van der Waals surface area (Å²) in [4.78, 5) is 27.9. The highest BCUT2D eigenvalue weighted by molar-refractivity contribution is 5.78. The van der Waals surface area contributed by atoms with Crippen molar-refractivity contribution in [3.05, 3.63) is 0 Å². The summed E-state index contributed by atoms with van der Waals surface area (Å²) in [5.74, 6) is 1.02. The van der Waals surface area contributed by atoms with Gasteiger partial charge in [-0.3, -0.25) is 9.59 Å². The van der Waals surface area contributed by atoms with E-state index in [1.165, 1.54) is 0 Å². The van der Waals surface area contributed by atoms with E-state index < -0.39 is 0 Å². The van der Waals surface area contributed by atoms with Gasteiger partial charge in [-0.2, -0.15) is 0 Å². The lowest BCUT2D eigenvalue weighted by atomic mass is 10.1. The molecular weight excluding hydrogens is 266 g/mol. The molecule has 21 heavy (non-hydrogen) atoms. The van der Waals surface area contributed by atoms with Crippen LogP contribution in [-0.4, -0.2) is 54.3 Å². The highest BCUT2D eigenvalue weighted by Gasteiger charge is 2.23. The van der Waals surface area contributed by atoms with Crippen molar-refractivity contribution in [3.63, 3.8) is 0 Å². The van der Waals surface area contributed by atoms with Gasteiger partial charge in [0.05, 0.1) is 0 Å². The van der Waals surface area contributed by atoms with Gasteiger partial charge >= 0.3 is 0 Å². The lowest BCUT2D eigenvalue weighted by Gasteiger charge is -2.35. The molecule has 0 spiro atoms. The van der Waals surface area contributed by atoms with Gasteiger partial charge in [0.25, 0.3) is 0 Å². The summed E-state index contributed by atoms with van der Waals surface area (Å²) in [5, 5.41) is 0. The Morgan fingerprint density at radius 3 is 1.90 bits per heavy atom. The summed E-state index contributed by atoms with van der Waals surface area (Å²) in [6.07, 6.45) is 5.12. The van der Waals surface area contributed by atoms with Crippen LogP contribution in [-0.2, 0) is 9.59 Å². The lowest BCUT2D eigenvalue weighted by Crippen LogP contribution is -2.50. The Balaban J connectivity index is 2.21. The molecular formula is C16H31N3O2. The van der Waals surface area contributed by atoms with Crippen molar-refractivity contribution in [2.75, 3.05) is 32.7 Å². The number of unbranched alkanes of at least 4 members (excludes halogenated alkanes) is 2. The minimum absolute atomic E-state index is 0.223. The van der Waals surface area contributed by atoms with E-state index in [4.69, 9.17) is 5.73 Å². The Kier molecular flexibility index (Phi) is 8.35. The van der Waals surface area contributed by atoms with E-state index >= 15 is 0 Å². The second-order valence-electron chi connectivity index (χ2n) is 6.29. The molecule has 1 saturated heterocycles. The summed E-state index contributed by atoms with van der Waals surface area (Å²) < 4.78 is 0. The molecule has 5 heteroatoms. The third-order valence-electron chi connectivity index (χ3n) is 4.02. The zero-order chi connectivity index (χ0) is 15.7. The first-order valence-electron chi connectivity index (χ1n) is 8.30. The van der Waals surface area contributed by atoms with Gasteiger partial charge < -0.3 is 15.5 Å². The molecule has 0 aliphatic carbocycles. The molecule has 0 unspecified atom stereocenters. The number of piperazine rings is 1. The molecule has 2 amide bonds. The Morgan fingerprint density at radius 1 is 0.905 bits per heavy atom. The second kappa shape index (κ2) is 9.77. The summed E-state index contributed by atoms with van der Waals surface area (Å²) >= 11 is 0. The smallest absolute Gasteiger partial charge is 0.222 e. The van der Waals surface area contributed by atoms with E-state index in [-0.39, 0.29) is 11.8 Å². The molecule has 0 atom stereocenters. The van der Waals surface area contributed by atoms with E-state index in [9.17, 15) is 9.59 Å². The van der Waals surface area contributed by atoms with E-state index in [1.807, 2.05) is 9.80 Å². The van der Waals surface area contributed by atoms with Gasteiger partial charge in [-0.25, -0.2) is 0 Å². The Hall–Kier alpha value is -1.10. The van der Waals surface area contributed by atoms with Crippen molar-refractivity contribution < 1.29 is 9.59 Å². The van der Waals surface area contributed by atoms with Gasteiger partial charge in [-0.15, -0.1) is 0 Å². The molecule has 1 heterocycles. The summed E-state index contributed by atoms with van der Waals surface area (Å²) in [5.41, 5.74) is 5.44. The van der Waals surface area contributed by atoms with Gasteiger partial charge in [0, 0.05) is 39.0 Å². The highest BCUT2D eigenvalue weighted by atomic mass is 16.2. The van der Waals surface area contributed by atoms with Crippen LogP contribution >= 0.6 is 0 Å². The fourth-order valence-electron chi connectivity index (χ4n) is 2.53. The fraction of sp³-hybridized carbons (Fsp3) is 0.875. The normalized spacial score (nSPS) is 15.6. The molecule has 0 aromatic carbocycles. The maximum Gasteiger partial charge on any atom is 0.222 e. The maximum absolute atomic E-state index is 12.0. The summed E-state index contributed by atoms with van der Waals surface area (Å²) in [6.45, 7) is 7.71. The molecule has 122 valence electrons. The standard InChI is InChI=1S/C16H31N3O2/c1-14(2)7-8-16(21)19-12-10-18(11-13-19)15(20)6-4-3-5-9-17/h14H,3-13,17H2,1-2H3.